The van der Waals surface area contributed by atoms with Crippen LogP contribution in [0, 0.1) is 5.82 Å². The van der Waals surface area contributed by atoms with Gasteiger partial charge in [-0.3, -0.25) is 0 Å². The van der Waals surface area contributed by atoms with Gasteiger partial charge in [-0.15, -0.1) is 0 Å². The standard InChI is InChI=1S/C28H28F4N6O3/c1-14(2)38-11-21(28(30,31)32)36-25(38)18-8-5-16(9-20(18)29)12-41-26-19(15(3)39)10-33-24(37-26)22-23(17-6-7-17)34-13-35-27(22)40-4/h5,8-11,13-15,17,39H,6-7,12H2,1-4H3/t15-/m1/s1. The van der Waals surface area contributed by atoms with E-state index in [2.05, 4.69) is 24.9 Å². The van der Waals surface area contributed by atoms with Crippen LogP contribution in [0.4, 0.5) is 17.6 Å². The molecule has 1 aliphatic carbocycles. The summed E-state index contributed by atoms with van der Waals surface area (Å²) in [5, 5.41) is 10.3. The van der Waals surface area contributed by atoms with Gasteiger partial charge in [-0.05, 0) is 51.3 Å². The maximum atomic E-state index is 15.2. The minimum Gasteiger partial charge on any atom is -0.480 e. The summed E-state index contributed by atoms with van der Waals surface area (Å²) in [6, 6.07) is 3.69. The lowest BCUT2D eigenvalue weighted by molar-refractivity contribution is -0.140. The van der Waals surface area contributed by atoms with Crippen molar-refractivity contribution < 1.29 is 32.1 Å². The maximum absolute atomic E-state index is 15.2. The van der Waals surface area contributed by atoms with Gasteiger partial charge in [-0.25, -0.2) is 24.3 Å². The molecule has 216 valence electrons. The second kappa shape index (κ2) is 11.0. The van der Waals surface area contributed by atoms with E-state index in [1.54, 1.807) is 13.8 Å². The number of aliphatic hydroxyl groups is 1. The zero-order valence-corrected chi connectivity index (χ0v) is 22.8. The molecule has 1 fully saturated rings. The molecule has 13 heteroatoms. The van der Waals surface area contributed by atoms with Crippen molar-refractivity contribution >= 4 is 0 Å². The number of hydrogen-bond donors (Lipinski definition) is 1. The van der Waals surface area contributed by atoms with Crippen molar-refractivity contribution in [2.75, 3.05) is 7.11 Å². The number of imidazole rings is 1. The van der Waals surface area contributed by atoms with E-state index in [1.807, 2.05) is 0 Å². The van der Waals surface area contributed by atoms with E-state index in [0.29, 0.717) is 22.6 Å². The van der Waals surface area contributed by atoms with Crippen LogP contribution in [-0.2, 0) is 12.8 Å². The van der Waals surface area contributed by atoms with Crippen molar-refractivity contribution in [1.82, 2.24) is 29.5 Å². The van der Waals surface area contributed by atoms with Crippen LogP contribution in [-0.4, -0.2) is 41.7 Å². The Morgan fingerprint density at radius 1 is 1.07 bits per heavy atom. The van der Waals surface area contributed by atoms with E-state index in [-0.39, 0.29) is 41.7 Å². The van der Waals surface area contributed by atoms with E-state index in [9.17, 15) is 18.3 Å². The Labute approximate surface area is 233 Å². The van der Waals surface area contributed by atoms with Crippen LogP contribution < -0.4 is 9.47 Å². The quantitative estimate of drug-likeness (QED) is 0.242. The highest BCUT2D eigenvalue weighted by atomic mass is 19.4. The lowest BCUT2D eigenvalue weighted by Crippen LogP contribution is -2.08. The van der Waals surface area contributed by atoms with Gasteiger partial charge in [0, 0.05) is 24.4 Å². The van der Waals surface area contributed by atoms with Gasteiger partial charge in [0.15, 0.2) is 11.5 Å². The Morgan fingerprint density at radius 2 is 1.83 bits per heavy atom. The van der Waals surface area contributed by atoms with E-state index < -0.39 is 23.8 Å². The highest BCUT2D eigenvalue weighted by molar-refractivity contribution is 5.66. The largest absolute Gasteiger partial charge is 0.480 e. The number of hydrogen-bond acceptors (Lipinski definition) is 8. The van der Waals surface area contributed by atoms with Gasteiger partial charge >= 0.3 is 6.18 Å². The fourth-order valence-electron chi connectivity index (χ4n) is 4.42. The first-order valence-corrected chi connectivity index (χ1v) is 13.0. The van der Waals surface area contributed by atoms with E-state index in [4.69, 9.17) is 9.47 Å². The first-order valence-electron chi connectivity index (χ1n) is 13.0. The molecule has 5 rings (SSSR count). The molecule has 1 aliphatic rings. The molecule has 4 aromatic rings. The summed E-state index contributed by atoms with van der Waals surface area (Å²) in [4.78, 5) is 21.2. The summed E-state index contributed by atoms with van der Waals surface area (Å²) in [6.45, 7) is 4.77. The highest BCUT2D eigenvalue weighted by Crippen LogP contribution is 2.45. The lowest BCUT2D eigenvalue weighted by Gasteiger charge is -2.16. The molecule has 0 amide bonds. The van der Waals surface area contributed by atoms with Gasteiger partial charge in [-0.1, -0.05) is 6.07 Å². The van der Waals surface area contributed by atoms with Crippen LogP contribution in [0.25, 0.3) is 22.8 Å². The van der Waals surface area contributed by atoms with E-state index in [1.165, 1.54) is 49.3 Å². The fraction of sp³-hybridized carbons (Fsp3) is 0.393. The minimum absolute atomic E-state index is 0.0734. The smallest absolute Gasteiger partial charge is 0.434 e. The number of nitrogens with zero attached hydrogens (tertiary/aromatic N) is 6. The molecule has 1 aromatic carbocycles. The third-order valence-corrected chi connectivity index (χ3v) is 6.68. The van der Waals surface area contributed by atoms with Gasteiger partial charge < -0.3 is 19.1 Å². The molecule has 3 heterocycles. The van der Waals surface area contributed by atoms with Crippen molar-refractivity contribution in [2.24, 2.45) is 0 Å². The van der Waals surface area contributed by atoms with Crippen molar-refractivity contribution in [3.8, 4) is 34.5 Å². The third kappa shape index (κ3) is 5.85. The van der Waals surface area contributed by atoms with E-state index >= 15 is 4.39 Å². The van der Waals surface area contributed by atoms with E-state index in [0.717, 1.165) is 24.7 Å². The van der Waals surface area contributed by atoms with Crippen LogP contribution >= 0.6 is 0 Å². The molecule has 0 saturated heterocycles. The topological polar surface area (TPSA) is 108 Å². The van der Waals surface area contributed by atoms with Gasteiger partial charge in [0.2, 0.25) is 11.8 Å². The Balaban J connectivity index is 1.45. The van der Waals surface area contributed by atoms with Crippen molar-refractivity contribution in [2.45, 2.75) is 64.5 Å². The van der Waals surface area contributed by atoms with Gasteiger partial charge in [0.1, 0.15) is 30.1 Å². The molecule has 41 heavy (non-hydrogen) atoms. The maximum Gasteiger partial charge on any atom is 0.434 e. The Kier molecular flexibility index (Phi) is 7.64. The predicted molar refractivity (Wildman–Crippen MR) is 140 cm³/mol. The normalized spacial score (nSPS) is 14.4. The number of alkyl halides is 3. The summed E-state index contributed by atoms with van der Waals surface area (Å²) >= 11 is 0. The number of methoxy groups -OCH3 is 1. The number of rotatable bonds is 9. The zero-order chi connectivity index (χ0) is 29.5. The monoisotopic (exact) mass is 572 g/mol. The van der Waals surface area contributed by atoms with Crippen LogP contribution in [0.2, 0.25) is 0 Å². The fourth-order valence-corrected chi connectivity index (χ4v) is 4.42. The number of aromatic nitrogens is 6. The molecule has 1 atom stereocenters. The molecule has 0 bridgehead atoms. The predicted octanol–water partition coefficient (Wildman–Crippen LogP) is 6.05. The second-order valence-corrected chi connectivity index (χ2v) is 10.1. The van der Waals surface area contributed by atoms with Gasteiger partial charge in [0.05, 0.1) is 30.0 Å². The van der Waals surface area contributed by atoms with Gasteiger partial charge in [-0.2, -0.15) is 18.2 Å². The highest BCUT2D eigenvalue weighted by Gasteiger charge is 2.36. The average molecular weight is 573 g/mol. The molecule has 0 radical (unpaired) electrons. The average Bonchev–Trinajstić information content (AvgIpc) is 3.67. The first kappa shape index (κ1) is 28.4. The van der Waals surface area contributed by atoms with Crippen LogP contribution in [0.15, 0.2) is 36.9 Å². The molecule has 9 nitrogen and oxygen atoms in total. The molecule has 3 aromatic heterocycles. The van der Waals surface area contributed by atoms with Crippen LogP contribution in [0.1, 0.15) is 74.2 Å². The van der Waals surface area contributed by atoms with Crippen molar-refractivity contribution in [3.63, 3.8) is 0 Å². The van der Waals surface area contributed by atoms with Crippen LogP contribution in [0.3, 0.4) is 0 Å². The number of halogens is 4. The molecule has 0 unspecified atom stereocenters. The molecule has 1 N–H and O–H groups in total. The molecule has 1 saturated carbocycles. The summed E-state index contributed by atoms with van der Waals surface area (Å²) < 4.78 is 67.7. The molecular formula is C28H28F4N6O3. The summed E-state index contributed by atoms with van der Waals surface area (Å²) in [5.41, 5.74) is 0.834. The Bertz CT molecular complexity index is 1570. The number of aliphatic hydroxyl groups excluding tert-OH is 1. The lowest BCUT2D eigenvalue weighted by atomic mass is 10.1. The SMILES string of the molecule is COc1ncnc(C2CC2)c1-c1ncc([C@@H](C)O)c(OCc2ccc(-c3nc(C(F)(F)F)cn3C(C)C)c(F)c2)n1. The summed E-state index contributed by atoms with van der Waals surface area (Å²) in [7, 11) is 1.49. The molecule has 0 aliphatic heterocycles. The van der Waals surface area contributed by atoms with Crippen LogP contribution in [0.5, 0.6) is 11.8 Å². The molecular weight excluding hydrogens is 544 g/mol. The minimum atomic E-state index is -4.66. The first-order chi connectivity index (χ1) is 19.5. The summed E-state index contributed by atoms with van der Waals surface area (Å²) in [5.74, 6) is -0.0000525. The Hall–Kier alpha value is -4.13. The third-order valence-electron chi connectivity index (χ3n) is 6.68. The Morgan fingerprint density at radius 3 is 2.44 bits per heavy atom. The zero-order valence-electron chi connectivity index (χ0n) is 22.8. The van der Waals surface area contributed by atoms with Crippen molar-refractivity contribution in [1.29, 1.82) is 0 Å². The summed E-state index contributed by atoms with van der Waals surface area (Å²) in [6.07, 6.45) is 0.0612. The van der Waals surface area contributed by atoms with Gasteiger partial charge in [0.25, 0.3) is 0 Å². The number of ether oxygens (including phenoxy) is 2. The number of benzene rings is 1. The van der Waals surface area contributed by atoms with Crippen molar-refractivity contribution in [3.05, 3.63) is 65.3 Å². The molecule has 0 spiro atoms. The second-order valence-electron chi connectivity index (χ2n) is 10.1.